The Morgan fingerprint density at radius 3 is 3.10 bits per heavy atom. The Morgan fingerprint density at radius 1 is 1.60 bits per heavy atom. The van der Waals surface area contributed by atoms with E-state index in [-0.39, 0.29) is 5.60 Å². The van der Waals surface area contributed by atoms with E-state index in [0.717, 1.165) is 11.3 Å². The van der Waals surface area contributed by atoms with Crippen LogP contribution in [0.2, 0.25) is 0 Å². The summed E-state index contributed by atoms with van der Waals surface area (Å²) in [5.74, 6) is 0. The van der Waals surface area contributed by atoms with Crippen LogP contribution in [-0.2, 0) is 16.9 Å². The third kappa shape index (κ3) is 0.609. The molecule has 2 heterocycles. The molecule has 0 atom stereocenters. The van der Waals surface area contributed by atoms with Gasteiger partial charge in [-0.3, -0.25) is 0 Å². The largest absolute Gasteiger partial charge is 0.364 e. The first-order valence-electron chi connectivity index (χ1n) is 3.28. The van der Waals surface area contributed by atoms with Crippen LogP contribution in [0.1, 0.15) is 25.1 Å². The zero-order valence-electron chi connectivity index (χ0n) is 6.05. The summed E-state index contributed by atoms with van der Waals surface area (Å²) in [6, 6.07) is 0. The summed E-state index contributed by atoms with van der Waals surface area (Å²) in [6.07, 6.45) is 1.64. The molecule has 0 bridgehead atoms. The first-order chi connectivity index (χ1) is 4.70. The molecule has 0 aliphatic carbocycles. The van der Waals surface area contributed by atoms with E-state index in [9.17, 15) is 0 Å². The van der Waals surface area contributed by atoms with Crippen LogP contribution in [-0.4, -0.2) is 5.16 Å². The van der Waals surface area contributed by atoms with E-state index >= 15 is 0 Å². The van der Waals surface area contributed by atoms with Crippen LogP contribution in [0.25, 0.3) is 0 Å². The van der Waals surface area contributed by atoms with Crippen molar-refractivity contribution < 1.29 is 9.26 Å². The number of ether oxygens (including phenoxy) is 1. The van der Waals surface area contributed by atoms with Gasteiger partial charge < -0.3 is 9.26 Å². The van der Waals surface area contributed by atoms with Crippen LogP contribution in [0.15, 0.2) is 10.8 Å². The molecule has 0 N–H and O–H groups in total. The van der Waals surface area contributed by atoms with Gasteiger partial charge in [0.05, 0.1) is 6.61 Å². The van der Waals surface area contributed by atoms with Gasteiger partial charge in [0, 0.05) is 5.56 Å². The van der Waals surface area contributed by atoms with Crippen molar-refractivity contribution in [2.75, 3.05) is 0 Å². The minimum Gasteiger partial charge on any atom is -0.364 e. The number of nitrogens with zero attached hydrogens (tertiary/aromatic N) is 1. The van der Waals surface area contributed by atoms with Crippen LogP contribution in [0, 0.1) is 0 Å². The monoisotopic (exact) mass is 139 g/mol. The second-order valence-corrected chi connectivity index (χ2v) is 2.99. The molecule has 10 heavy (non-hydrogen) atoms. The van der Waals surface area contributed by atoms with Crippen LogP contribution in [0.3, 0.4) is 0 Å². The normalized spacial score (nSPS) is 21.0. The molecule has 0 fully saturated rings. The van der Waals surface area contributed by atoms with Crippen molar-refractivity contribution in [3.05, 3.63) is 17.5 Å². The van der Waals surface area contributed by atoms with E-state index < -0.39 is 0 Å². The van der Waals surface area contributed by atoms with Crippen molar-refractivity contribution in [1.29, 1.82) is 0 Å². The molecule has 0 radical (unpaired) electrons. The lowest BCUT2D eigenvalue weighted by atomic mass is 10.1. The molecule has 0 spiro atoms. The van der Waals surface area contributed by atoms with Gasteiger partial charge in [-0.1, -0.05) is 5.16 Å². The predicted octanol–water partition coefficient (Wildman–Crippen LogP) is 1.44. The van der Waals surface area contributed by atoms with E-state index in [2.05, 4.69) is 5.16 Å². The Hall–Kier alpha value is -0.830. The van der Waals surface area contributed by atoms with Crippen LogP contribution < -0.4 is 0 Å². The summed E-state index contributed by atoms with van der Waals surface area (Å²) >= 11 is 0. The highest BCUT2D eigenvalue weighted by atomic mass is 16.5. The van der Waals surface area contributed by atoms with Gasteiger partial charge in [0.15, 0.2) is 0 Å². The van der Waals surface area contributed by atoms with Crippen molar-refractivity contribution >= 4 is 0 Å². The highest BCUT2D eigenvalue weighted by Gasteiger charge is 2.34. The molecule has 54 valence electrons. The lowest BCUT2D eigenvalue weighted by Crippen LogP contribution is -2.15. The molecular weight excluding hydrogens is 130 g/mol. The van der Waals surface area contributed by atoms with Gasteiger partial charge in [0.25, 0.3) is 0 Å². The fraction of sp³-hybridized carbons (Fsp3) is 0.571. The second kappa shape index (κ2) is 1.61. The molecule has 1 aliphatic rings. The fourth-order valence-corrected chi connectivity index (χ4v) is 1.18. The SMILES string of the molecule is CC1(C)OCc2conc21. The molecule has 0 saturated heterocycles. The minimum atomic E-state index is -0.248. The summed E-state index contributed by atoms with van der Waals surface area (Å²) < 4.78 is 10.2. The highest BCUT2D eigenvalue weighted by molar-refractivity contribution is 5.23. The smallest absolute Gasteiger partial charge is 0.129 e. The van der Waals surface area contributed by atoms with Crippen LogP contribution >= 0.6 is 0 Å². The fourth-order valence-electron chi connectivity index (χ4n) is 1.18. The number of hydrogen-bond donors (Lipinski definition) is 0. The maximum atomic E-state index is 5.43. The summed E-state index contributed by atoms with van der Waals surface area (Å²) in [5, 5.41) is 3.85. The van der Waals surface area contributed by atoms with Gasteiger partial charge in [-0.15, -0.1) is 0 Å². The Kier molecular flexibility index (Phi) is 0.951. The van der Waals surface area contributed by atoms with Gasteiger partial charge in [-0.2, -0.15) is 0 Å². The summed E-state index contributed by atoms with van der Waals surface area (Å²) in [4.78, 5) is 0. The summed E-state index contributed by atoms with van der Waals surface area (Å²) in [5.41, 5.74) is 1.76. The maximum Gasteiger partial charge on any atom is 0.129 e. The number of fused-ring (bicyclic) bond motifs is 1. The quantitative estimate of drug-likeness (QED) is 0.545. The van der Waals surface area contributed by atoms with E-state index in [1.54, 1.807) is 6.26 Å². The molecule has 2 rings (SSSR count). The average molecular weight is 139 g/mol. The average Bonchev–Trinajstić information content (AvgIpc) is 2.36. The molecule has 0 aromatic carbocycles. The Labute approximate surface area is 59.0 Å². The predicted molar refractivity (Wildman–Crippen MR) is 34.3 cm³/mol. The molecule has 1 aromatic rings. The second-order valence-electron chi connectivity index (χ2n) is 2.99. The zero-order chi connectivity index (χ0) is 7.19. The summed E-state index contributed by atoms with van der Waals surface area (Å²) in [6.45, 7) is 4.61. The van der Waals surface area contributed by atoms with Gasteiger partial charge in [0.1, 0.15) is 17.6 Å². The number of aromatic nitrogens is 1. The van der Waals surface area contributed by atoms with Crippen molar-refractivity contribution in [2.24, 2.45) is 0 Å². The van der Waals surface area contributed by atoms with Crippen LogP contribution in [0.5, 0.6) is 0 Å². The third-order valence-electron chi connectivity index (χ3n) is 1.80. The zero-order valence-corrected chi connectivity index (χ0v) is 6.05. The topological polar surface area (TPSA) is 35.3 Å². The van der Waals surface area contributed by atoms with E-state index in [4.69, 9.17) is 9.26 Å². The van der Waals surface area contributed by atoms with Crippen molar-refractivity contribution in [3.63, 3.8) is 0 Å². The standard InChI is InChI=1S/C7H9NO2/c1-7(2)6-5(3-9-7)4-10-8-6/h4H,3H2,1-2H3. The molecule has 1 aliphatic heterocycles. The van der Waals surface area contributed by atoms with Crippen molar-refractivity contribution in [3.8, 4) is 0 Å². The van der Waals surface area contributed by atoms with Gasteiger partial charge in [-0.05, 0) is 13.8 Å². The van der Waals surface area contributed by atoms with Crippen LogP contribution in [0.4, 0.5) is 0 Å². The minimum absolute atomic E-state index is 0.248. The lowest BCUT2D eigenvalue weighted by Gasteiger charge is -2.14. The first kappa shape index (κ1) is 5.92. The lowest BCUT2D eigenvalue weighted by molar-refractivity contribution is -0.0146. The molecule has 1 aromatic heterocycles. The molecule has 0 unspecified atom stereocenters. The van der Waals surface area contributed by atoms with Crippen molar-refractivity contribution in [1.82, 2.24) is 5.16 Å². The highest BCUT2D eigenvalue weighted by Crippen LogP contribution is 2.33. The Morgan fingerprint density at radius 2 is 2.40 bits per heavy atom. The van der Waals surface area contributed by atoms with Gasteiger partial charge in [-0.25, -0.2) is 0 Å². The van der Waals surface area contributed by atoms with Gasteiger partial charge in [0.2, 0.25) is 0 Å². The molecule has 3 nitrogen and oxygen atoms in total. The molecular formula is C7H9NO2. The Balaban J connectivity index is 2.54. The molecule has 3 heteroatoms. The first-order valence-corrected chi connectivity index (χ1v) is 3.28. The molecule has 0 saturated carbocycles. The third-order valence-corrected chi connectivity index (χ3v) is 1.80. The Bertz CT molecular complexity index is 252. The summed E-state index contributed by atoms with van der Waals surface area (Å²) in [7, 11) is 0. The number of hydrogen-bond acceptors (Lipinski definition) is 3. The van der Waals surface area contributed by atoms with E-state index in [1.807, 2.05) is 13.8 Å². The van der Waals surface area contributed by atoms with Crippen molar-refractivity contribution in [2.45, 2.75) is 26.1 Å². The molecule has 0 amide bonds. The maximum absolute atomic E-state index is 5.43. The van der Waals surface area contributed by atoms with Gasteiger partial charge >= 0.3 is 0 Å². The van der Waals surface area contributed by atoms with E-state index in [0.29, 0.717) is 6.61 Å². The van der Waals surface area contributed by atoms with E-state index in [1.165, 1.54) is 0 Å². The number of rotatable bonds is 0.